The van der Waals surface area contributed by atoms with Gasteiger partial charge >= 0.3 is 0 Å². The van der Waals surface area contributed by atoms with Gasteiger partial charge in [0.15, 0.2) is 5.65 Å². The average Bonchev–Trinajstić information content (AvgIpc) is 2.81. The van der Waals surface area contributed by atoms with Crippen molar-refractivity contribution in [1.29, 1.82) is 5.26 Å². The zero-order valence-corrected chi connectivity index (χ0v) is 17.6. The minimum absolute atomic E-state index is 0.0484. The first-order chi connectivity index (χ1) is 16.1. The van der Waals surface area contributed by atoms with Crippen LogP contribution in [0.5, 0.6) is 5.75 Å². The highest BCUT2D eigenvalue weighted by Gasteiger charge is 2.24. The molecule has 0 saturated carbocycles. The maximum Gasteiger partial charge on any atom is 0.259 e. The minimum atomic E-state index is -0.656. The third kappa shape index (κ3) is 4.31. The number of hydrogen-bond acceptors (Lipinski definition) is 6. The summed E-state index contributed by atoms with van der Waals surface area (Å²) in [6, 6.07) is 12.0. The van der Waals surface area contributed by atoms with Gasteiger partial charge in [-0.05, 0) is 60.9 Å². The molecule has 1 aromatic carbocycles. The number of nitrogens with zero attached hydrogens (tertiary/aromatic N) is 3. The number of amides is 1. The Bertz CT molecular complexity index is 1350. The number of nitrogens with one attached hydrogen (secondary N) is 2. The third-order valence-corrected chi connectivity index (χ3v) is 5.70. The first kappa shape index (κ1) is 20.8. The van der Waals surface area contributed by atoms with Crippen LogP contribution in [-0.4, -0.2) is 35.1 Å². The average molecular weight is 441 g/mol. The lowest BCUT2D eigenvalue weighted by molar-refractivity contribution is 0.102. The first-order valence-electron chi connectivity index (χ1n) is 10.6. The van der Waals surface area contributed by atoms with Crippen molar-refractivity contribution in [2.45, 2.75) is 18.9 Å². The second-order valence-corrected chi connectivity index (χ2v) is 7.92. The Morgan fingerprint density at radius 2 is 2.09 bits per heavy atom. The van der Waals surface area contributed by atoms with E-state index in [0.717, 1.165) is 11.0 Å². The fraction of sp³-hybridized carbons (Fsp3) is 0.200. The number of fused-ring (bicyclic) bond motifs is 1. The van der Waals surface area contributed by atoms with E-state index in [0.29, 0.717) is 48.5 Å². The number of hydrogen-bond donors (Lipinski definition) is 2. The van der Waals surface area contributed by atoms with Crippen LogP contribution in [0.3, 0.4) is 0 Å². The predicted molar refractivity (Wildman–Crippen MR) is 122 cm³/mol. The number of pyridine rings is 2. The Labute approximate surface area is 189 Å². The van der Waals surface area contributed by atoms with E-state index >= 15 is 4.39 Å². The highest BCUT2D eigenvalue weighted by molar-refractivity contribution is 6.05. The molecule has 7 nitrogen and oxygen atoms in total. The molecule has 5 rings (SSSR count). The van der Waals surface area contributed by atoms with Crippen LogP contribution in [0.15, 0.2) is 60.3 Å². The summed E-state index contributed by atoms with van der Waals surface area (Å²) in [5, 5.41) is 15.7. The van der Waals surface area contributed by atoms with E-state index in [9.17, 15) is 4.79 Å². The molecule has 3 heterocycles. The molecule has 2 aliphatic rings. The molecule has 0 spiro atoms. The Balaban J connectivity index is 1.47. The number of halogens is 1. The monoisotopic (exact) mass is 441 g/mol. The van der Waals surface area contributed by atoms with Crippen molar-refractivity contribution >= 4 is 28.3 Å². The first-order valence-corrected chi connectivity index (χ1v) is 10.6. The number of carbonyl (C=O) groups is 1. The van der Waals surface area contributed by atoms with E-state index < -0.39 is 11.7 Å². The van der Waals surface area contributed by atoms with Gasteiger partial charge in [0, 0.05) is 35.8 Å². The van der Waals surface area contributed by atoms with Crippen LogP contribution in [0.25, 0.3) is 16.6 Å². The van der Waals surface area contributed by atoms with Gasteiger partial charge in [0.2, 0.25) is 0 Å². The van der Waals surface area contributed by atoms with E-state index in [-0.39, 0.29) is 17.5 Å². The van der Waals surface area contributed by atoms with Gasteiger partial charge in [-0.25, -0.2) is 14.4 Å². The summed E-state index contributed by atoms with van der Waals surface area (Å²) in [6.07, 6.45) is 6.30. The van der Waals surface area contributed by atoms with Crippen molar-refractivity contribution < 1.29 is 13.9 Å². The SMILES string of the molecule is N#CC1=CC=C(c2cc(F)c(C(=O)Nc3ccc4cccnc4n3)cc2OC2CNC2)CC1. The molecule has 0 unspecified atom stereocenters. The standard InChI is InChI=1S/C25H20FN5O2/c26-21-10-19(16-5-3-15(12-27)4-6-16)22(33-18-13-28-14-18)11-20(21)25(32)31-23-8-7-17-2-1-9-29-24(17)30-23/h1-3,5,7-11,18,28H,4,6,13-14H2,(H,29,30,31,32). The molecular formula is C25H20FN5O2. The van der Waals surface area contributed by atoms with Gasteiger partial charge in [0.1, 0.15) is 23.5 Å². The van der Waals surface area contributed by atoms with Crippen LogP contribution in [0.1, 0.15) is 28.8 Å². The fourth-order valence-electron chi connectivity index (χ4n) is 3.76. The van der Waals surface area contributed by atoms with Gasteiger partial charge < -0.3 is 15.4 Å². The largest absolute Gasteiger partial charge is 0.487 e. The number of allylic oxidation sites excluding steroid dienone is 4. The summed E-state index contributed by atoms with van der Waals surface area (Å²) in [6.45, 7) is 1.37. The number of nitriles is 1. The van der Waals surface area contributed by atoms with Gasteiger partial charge in [-0.1, -0.05) is 6.08 Å². The van der Waals surface area contributed by atoms with Gasteiger partial charge in [-0.3, -0.25) is 4.79 Å². The number of rotatable bonds is 5. The van der Waals surface area contributed by atoms with Crippen molar-refractivity contribution in [1.82, 2.24) is 15.3 Å². The van der Waals surface area contributed by atoms with Crippen molar-refractivity contribution in [3.63, 3.8) is 0 Å². The molecule has 0 bridgehead atoms. The summed E-state index contributed by atoms with van der Waals surface area (Å²) in [5.74, 6) is -0.551. The van der Waals surface area contributed by atoms with Crippen LogP contribution in [-0.2, 0) is 0 Å². The summed E-state index contributed by atoms with van der Waals surface area (Å²) >= 11 is 0. The molecule has 2 aromatic heterocycles. The third-order valence-electron chi connectivity index (χ3n) is 5.70. The van der Waals surface area contributed by atoms with E-state index in [1.807, 2.05) is 12.1 Å². The number of anilines is 1. The molecular weight excluding hydrogens is 421 g/mol. The van der Waals surface area contributed by atoms with Crippen LogP contribution in [0, 0.1) is 17.1 Å². The van der Waals surface area contributed by atoms with Crippen LogP contribution < -0.4 is 15.4 Å². The lowest BCUT2D eigenvalue weighted by Crippen LogP contribution is -2.50. The van der Waals surface area contributed by atoms with Gasteiger partial charge in [0.05, 0.1) is 11.6 Å². The summed E-state index contributed by atoms with van der Waals surface area (Å²) in [4.78, 5) is 21.4. The van der Waals surface area contributed by atoms with Gasteiger partial charge in [-0.15, -0.1) is 0 Å². The fourth-order valence-corrected chi connectivity index (χ4v) is 3.76. The van der Waals surface area contributed by atoms with Gasteiger partial charge in [0.25, 0.3) is 5.91 Å². The highest BCUT2D eigenvalue weighted by Crippen LogP contribution is 2.35. The molecule has 1 aliphatic heterocycles. The molecule has 1 amide bonds. The molecule has 164 valence electrons. The maximum absolute atomic E-state index is 15.1. The quantitative estimate of drug-likeness (QED) is 0.621. The second-order valence-electron chi connectivity index (χ2n) is 7.92. The number of benzene rings is 1. The normalized spacial score (nSPS) is 15.8. The molecule has 1 saturated heterocycles. The van der Waals surface area contributed by atoms with E-state index in [2.05, 4.69) is 26.7 Å². The molecule has 0 radical (unpaired) electrons. The van der Waals surface area contributed by atoms with E-state index in [1.54, 1.807) is 30.5 Å². The van der Waals surface area contributed by atoms with Gasteiger partial charge in [-0.2, -0.15) is 5.26 Å². The van der Waals surface area contributed by atoms with Crippen molar-refractivity contribution in [2.24, 2.45) is 0 Å². The molecule has 3 aromatic rings. The molecule has 0 atom stereocenters. The molecule has 1 aliphatic carbocycles. The summed E-state index contributed by atoms with van der Waals surface area (Å²) in [5.41, 5.74) is 2.50. The number of ether oxygens (including phenoxy) is 1. The van der Waals surface area contributed by atoms with Crippen LogP contribution in [0.4, 0.5) is 10.2 Å². The summed E-state index contributed by atoms with van der Waals surface area (Å²) in [7, 11) is 0. The van der Waals surface area contributed by atoms with Crippen molar-refractivity contribution in [3.8, 4) is 11.8 Å². The van der Waals surface area contributed by atoms with Crippen molar-refractivity contribution in [3.05, 3.63) is 77.3 Å². The molecule has 1 fully saturated rings. The lowest BCUT2D eigenvalue weighted by atomic mass is 9.92. The zero-order valence-electron chi connectivity index (χ0n) is 17.6. The zero-order chi connectivity index (χ0) is 22.8. The minimum Gasteiger partial charge on any atom is -0.487 e. The topological polar surface area (TPSA) is 99.9 Å². The van der Waals surface area contributed by atoms with E-state index in [1.165, 1.54) is 12.1 Å². The molecule has 2 N–H and O–H groups in total. The molecule has 8 heteroatoms. The predicted octanol–water partition coefficient (Wildman–Crippen LogP) is 4.00. The Kier molecular flexibility index (Phi) is 5.55. The summed E-state index contributed by atoms with van der Waals surface area (Å²) < 4.78 is 21.2. The van der Waals surface area contributed by atoms with Crippen molar-refractivity contribution in [2.75, 3.05) is 18.4 Å². The Morgan fingerprint density at radius 1 is 1.21 bits per heavy atom. The second kappa shape index (κ2) is 8.81. The highest BCUT2D eigenvalue weighted by atomic mass is 19.1. The van der Waals surface area contributed by atoms with Crippen LogP contribution >= 0.6 is 0 Å². The Hall–Kier alpha value is -4.09. The van der Waals surface area contributed by atoms with Crippen LogP contribution in [0.2, 0.25) is 0 Å². The Morgan fingerprint density at radius 3 is 2.82 bits per heavy atom. The number of aromatic nitrogens is 2. The number of carbonyl (C=O) groups excluding carboxylic acids is 1. The smallest absolute Gasteiger partial charge is 0.259 e. The van der Waals surface area contributed by atoms with E-state index in [4.69, 9.17) is 10.00 Å². The lowest BCUT2D eigenvalue weighted by Gasteiger charge is -2.29. The molecule has 33 heavy (non-hydrogen) atoms. The maximum atomic E-state index is 15.1.